The number of hydrogen-bond donors (Lipinski definition) is 2. The fraction of sp³-hybridized carbons (Fsp3) is 0.400. The molecule has 1 saturated heterocycles. The molecule has 1 aliphatic carbocycles. The number of hydrogen-bond acceptors (Lipinski definition) is 6. The van der Waals surface area contributed by atoms with E-state index in [1.807, 2.05) is 0 Å². The normalized spacial score (nSPS) is 24.0. The van der Waals surface area contributed by atoms with Crippen molar-refractivity contribution in [3.05, 3.63) is 57.3 Å². The summed E-state index contributed by atoms with van der Waals surface area (Å²) in [7, 11) is 0. The molecule has 3 atom stereocenters. The van der Waals surface area contributed by atoms with E-state index in [2.05, 4.69) is 10.3 Å². The largest absolute Gasteiger partial charge is 0.503 e. The molecule has 2 aromatic heterocycles. The Hall–Kier alpha value is -3.34. The number of nitrogens with zero attached hydrogens (tertiary/aromatic N) is 3. The van der Waals surface area contributed by atoms with Gasteiger partial charge in [0.25, 0.3) is 11.8 Å². The van der Waals surface area contributed by atoms with Crippen LogP contribution in [0.1, 0.15) is 45.7 Å². The number of halogens is 2. The molecule has 2 fully saturated rings. The Bertz CT molecular complexity index is 1170. The van der Waals surface area contributed by atoms with Crippen LogP contribution in [0.15, 0.2) is 23.1 Å². The van der Waals surface area contributed by atoms with E-state index in [9.17, 15) is 28.3 Å². The van der Waals surface area contributed by atoms with E-state index < -0.39 is 46.7 Å². The van der Waals surface area contributed by atoms with Crippen LogP contribution >= 0.6 is 0 Å². The third kappa shape index (κ3) is 3.16. The maximum atomic E-state index is 13.7. The highest BCUT2D eigenvalue weighted by molar-refractivity contribution is 5.99. The number of carbonyl (C=O) groups is 2. The van der Waals surface area contributed by atoms with Crippen LogP contribution in [0.25, 0.3) is 0 Å². The lowest BCUT2D eigenvalue weighted by Crippen LogP contribution is -2.57. The molecule has 31 heavy (non-hydrogen) atoms. The molecule has 0 radical (unpaired) electrons. The molecule has 2 aliphatic heterocycles. The van der Waals surface area contributed by atoms with Crippen LogP contribution in [0, 0.1) is 11.9 Å². The van der Waals surface area contributed by atoms with Gasteiger partial charge < -0.3 is 24.6 Å². The Kier molecular flexibility index (Phi) is 4.50. The lowest BCUT2D eigenvalue weighted by molar-refractivity contribution is -0.132. The minimum atomic E-state index is -1.08. The lowest BCUT2D eigenvalue weighted by atomic mass is 10.1. The Morgan fingerprint density at radius 3 is 2.87 bits per heavy atom. The Morgan fingerprint density at radius 2 is 2.10 bits per heavy atom. The SMILES string of the molecule is O=C(NCc1ccc(F)nc1F)c1cn2c(c(O)c1=O)C(=O)N1C3CCC(C3)OC1C2. The Labute approximate surface area is 174 Å². The molecule has 2 bridgehead atoms. The quantitative estimate of drug-likeness (QED) is 0.697. The molecule has 9 nitrogen and oxygen atoms in total. The summed E-state index contributed by atoms with van der Waals surface area (Å²) in [6.45, 7) is -0.180. The molecule has 2 aromatic rings. The van der Waals surface area contributed by atoms with Crippen molar-refractivity contribution in [2.75, 3.05) is 0 Å². The van der Waals surface area contributed by atoms with Crippen molar-refractivity contribution in [1.29, 1.82) is 0 Å². The summed E-state index contributed by atoms with van der Waals surface area (Å²) in [5.41, 5.74) is -1.67. The van der Waals surface area contributed by atoms with Crippen molar-refractivity contribution in [3.63, 3.8) is 0 Å². The lowest BCUT2D eigenvalue weighted by Gasteiger charge is -2.44. The molecule has 1 saturated carbocycles. The van der Waals surface area contributed by atoms with Crippen LogP contribution in [0.4, 0.5) is 8.78 Å². The van der Waals surface area contributed by atoms with Crippen LogP contribution in [0.2, 0.25) is 0 Å². The molecule has 3 unspecified atom stereocenters. The number of fused-ring (bicyclic) bond motifs is 5. The predicted molar refractivity (Wildman–Crippen MR) is 100 cm³/mol. The third-order valence-electron chi connectivity index (χ3n) is 6.03. The molecule has 2 N–H and O–H groups in total. The van der Waals surface area contributed by atoms with Crippen molar-refractivity contribution in [1.82, 2.24) is 19.8 Å². The molecule has 11 heteroatoms. The number of amides is 2. The second kappa shape index (κ2) is 7.12. The monoisotopic (exact) mass is 432 g/mol. The van der Waals surface area contributed by atoms with Gasteiger partial charge in [0, 0.05) is 24.3 Å². The van der Waals surface area contributed by atoms with E-state index in [-0.39, 0.29) is 36.5 Å². The van der Waals surface area contributed by atoms with Crippen LogP contribution in [0.5, 0.6) is 5.75 Å². The summed E-state index contributed by atoms with van der Waals surface area (Å²) >= 11 is 0. The zero-order valence-electron chi connectivity index (χ0n) is 16.2. The van der Waals surface area contributed by atoms with E-state index in [4.69, 9.17) is 4.74 Å². The van der Waals surface area contributed by atoms with Gasteiger partial charge in [-0.1, -0.05) is 0 Å². The van der Waals surface area contributed by atoms with E-state index in [0.717, 1.165) is 31.4 Å². The van der Waals surface area contributed by atoms with Crippen LogP contribution < -0.4 is 10.7 Å². The standard InChI is InChI=1S/C20H18F2N4O5/c21-13-4-1-9(18(22)24-13)6-23-19(29)12-7-25-8-14-26(10-2-3-11(5-10)31-14)20(30)15(25)17(28)16(12)27/h1,4,7,10-11,14,28H,2-3,5-6,8H2,(H,23,29). The van der Waals surface area contributed by atoms with Gasteiger partial charge in [-0.15, -0.1) is 0 Å². The summed E-state index contributed by atoms with van der Waals surface area (Å²) in [4.78, 5) is 42.8. The topological polar surface area (TPSA) is 114 Å². The number of aromatic hydroxyl groups is 1. The van der Waals surface area contributed by atoms with Crippen LogP contribution in [-0.4, -0.2) is 49.7 Å². The number of nitrogens with one attached hydrogen (secondary N) is 1. The molecule has 0 aromatic carbocycles. The zero-order valence-corrected chi connectivity index (χ0v) is 16.2. The number of rotatable bonds is 3. The second-order valence-electron chi connectivity index (χ2n) is 7.88. The second-order valence-corrected chi connectivity index (χ2v) is 7.88. The molecule has 162 valence electrons. The van der Waals surface area contributed by atoms with Gasteiger partial charge in [-0.25, -0.2) is 0 Å². The van der Waals surface area contributed by atoms with Gasteiger partial charge >= 0.3 is 0 Å². The van der Waals surface area contributed by atoms with Crippen molar-refractivity contribution in [3.8, 4) is 5.75 Å². The van der Waals surface area contributed by atoms with Gasteiger partial charge in [-0.3, -0.25) is 14.4 Å². The smallest absolute Gasteiger partial charge is 0.276 e. The predicted octanol–water partition coefficient (Wildman–Crippen LogP) is 0.890. The van der Waals surface area contributed by atoms with E-state index in [1.54, 1.807) is 4.90 Å². The highest BCUT2D eigenvalue weighted by atomic mass is 19.1. The maximum absolute atomic E-state index is 13.7. The molecule has 2 amide bonds. The van der Waals surface area contributed by atoms with Crippen molar-refractivity contribution >= 4 is 11.8 Å². The highest BCUT2D eigenvalue weighted by Gasteiger charge is 2.47. The molecular formula is C20H18F2N4O5. The molecule has 4 heterocycles. The highest BCUT2D eigenvalue weighted by Crippen LogP contribution is 2.38. The maximum Gasteiger partial charge on any atom is 0.276 e. The van der Waals surface area contributed by atoms with E-state index in [0.29, 0.717) is 0 Å². The first-order chi connectivity index (χ1) is 14.8. The van der Waals surface area contributed by atoms with Gasteiger partial charge in [-0.05, 0) is 31.4 Å². The van der Waals surface area contributed by atoms with Crippen molar-refractivity contribution < 1.29 is 28.2 Å². The summed E-state index contributed by atoms with van der Waals surface area (Å²) in [6, 6.07) is 2.07. The summed E-state index contributed by atoms with van der Waals surface area (Å²) < 4.78 is 33.9. The molecular weight excluding hydrogens is 414 g/mol. The molecule has 3 aliphatic rings. The van der Waals surface area contributed by atoms with Gasteiger partial charge in [0.05, 0.1) is 12.6 Å². The van der Waals surface area contributed by atoms with Gasteiger partial charge in [0.2, 0.25) is 17.3 Å². The fourth-order valence-corrected chi connectivity index (χ4v) is 4.56. The number of pyridine rings is 2. The average Bonchev–Trinajstić information content (AvgIpc) is 3.10. The van der Waals surface area contributed by atoms with Gasteiger partial charge in [-0.2, -0.15) is 13.8 Å². The average molecular weight is 432 g/mol. The van der Waals surface area contributed by atoms with E-state index in [1.165, 1.54) is 10.8 Å². The number of aromatic nitrogens is 2. The minimum Gasteiger partial charge on any atom is -0.503 e. The Balaban J connectivity index is 1.43. The van der Waals surface area contributed by atoms with Crippen LogP contribution in [0.3, 0.4) is 0 Å². The fourth-order valence-electron chi connectivity index (χ4n) is 4.56. The molecule has 0 spiro atoms. The summed E-state index contributed by atoms with van der Waals surface area (Å²) in [5, 5.41) is 12.8. The first-order valence-electron chi connectivity index (χ1n) is 9.87. The van der Waals surface area contributed by atoms with Gasteiger partial charge in [0.15, 0.2) is 17.7 Å². The molecule has 5 rings (SSSR count). The summed E-state index contributed by atoms with van der Waals surface area (Å²) in [5.74, 6) is -4.28. The third-order valence-corrected chi connectivity index (χ3v) is 6.03. The van der Waals surface area contributed by atoms with Crippen molar-refractivity contribution in [2.45, 2.75) is 50.7 Å². The van der Waals surface area contributed by atoms with Crippen LogP contribution in [-0.2, 0) is 17.8 Å². The van der Waals surface area contributed by atoms with E-state index >= 15 is 0 Å². The summed E-state index contributed by atoms with van der Waals surface area (Å²) in [6.07, 6.45) is 3.09. The van der Waals surface area contributed by atoms with Gasteiger partial charge in [0.1, 0.15) is 5.56 Å². The Morgan fingerprint density at radius 1 is 1.29 bits per heavy atom. The minimum absolute atomic E-state index is 0.00157. The number of ether oxygens (including phenoxy) is 1. The first kappa shape index (κ1) is 19.6. The number of carbonyl (C=O) groups excluding carboxylic acids is 2. The first-order valence-corrected chi connectivity index (χ1v) is 9.87. The van der Waals surface area contributed by atoms with Crippen molar-refractivity contribution in [2.24, 2.45) is 0 Å². The zero-order chi connectivity index (χ0) is 21.9.